The van der Waals surface area contributed by atoms with E-state index in [0.29, 0.717) is 11.4 Å². The minimum absolute atomic E-state index is 0.134. The van der Waals surface area contributed by atoms with Gasteiger partial charge in [0.2, 0.25) is 5.96 Å². The van der Waals surface area contributed by atoms with Crippen LogP contribution in [0.1, 0.15) is 17.3 Å². The summed E-state index contributed by atoms with van der Waals surface area (Å²) in [6.45, 7) is 1.67. The molecule has 0 heterocycles. The van der Waals surface area contributed by atoms with Crippen LogP contribution in [-0.4, -0.2) is 46.5 Å². The lowest BCUT2D eigenvalue weighted by Crippen LogP contribution is -2.22. The Balaban J connectivity index is 0.000000922. The molecular weight excluding hydrogens is 344 g/mol. The number of benzene rings is 1. The second kappa shape index (κ2) is 9.88. The van der Waals surface area contributed by atoms with Crippen LogP contribution in [0.4, 0.5) is 5.69 Å². The van der Waals surface area contributed by atoms with E-state index >= 15 is 0 Å². The zero-order valence-electron chi connectivity index (χ0n) is 12.4. The van der Waals surface area contributed by atoms with Crippen LogP contribution >= 0.6 is 0 Å². The number of guanidine groups is 1. The van der Waals surface area contributed by atoms with E-state index in [1.807, 2.05) is 0 Å². The Kier molecular flexibility index (Phi) is 8.63. The fourth-order valence-corrected chi connectivity index (χ4v) is 1.05. The molecule has 0 spiro atoms. The van der Waals surface area contributed by atoms with Crippen LogP contribution in [0.15, 0.2) is 39.6 Å². The normalized spacial score (nSPS) is 11.4. The van der Waals surface area contributed by atoms with E-state index < -0.39 is 16.4 Å². The van der Waals surface area contributed by atoms with Crippen LogP contribution in [0.5, 0.6) is 0 Å². The van der Waals surface area contributed by atoms with Crippen molar-refractivity contribution in [2.45, 2.75) is 6.92 Å². The first-order valence-corrected chi connectivity index (χ1v) is 7.34. The minimum Gasteiger partial charge on any atom is -0.478 e. The predicted molar refractivity (Wildman–Crippen MR) is 88.6 cm³/mol. The number of carboxylic acid groups (broad SMARTS) is 1. The van der Waals surface area contributed by atoms with E-state index in [-0.39, 0.29) is 11.5 Å². The molecule has 0 saturated heterocycles. The van der Waals surface area contributed by atoms with Gasteiger partial charge in [0.25, 0.3) is 0 Å². The molecule has 0 aromatic heterocycles. The van der Waals surface area contributed by atoms with Crippen molar-refractivity contribution >= 4 is 39.9 Å². The van der Waals surface area contributed by atoms with E-state index in [4.69, 9.17) is 34.1 Å². The SMILES string of the molecule is CC(/C=N\Nc1ccc(C(=O)O)cc1)=N/N=C(N)N.O=S(=O)(O)O. The number of aromatic carboxylic acids is 1. The Morgan fingerprint density at radius 2 is 1.67 bits per heavy atom. The first kappa shape index (κ1) is 21.0. The van der Waals surface area contributed by atoms with Gasteiger partial charge >= 0.3 is 16.4 Å². The lowest BCUT2D eigenvalue weighted by Gasteiger charge is -2.00. The summed E-state index contributed by atoms with van der Waals surface area (Å²) >= 11 is 0. The van der Waals surface area contributed by atoms with Crippen LogP contribution in [-0.2, 0) is 10.4 Å². The third-order valence-electron chi connectivity index (χ3n) is 1.90. The van der Waals surface area contributed by atoms with Gasteiger partial charge in [-0.25, -0.2) is 4.79 Å². The summed E-state index contributed by atoms with van der Waals surface area (Å²) in [6, 6.07) is 6.15. The van der Waals surface area contributed by atoms with Gasteiger partial charge < -0.3 is 16.6 Å². The van der Waals surface area contributed by atoms with Gasteiger partial charge in [0.1, 0.15) is 0 Å². The number of nitrogens with one attached hydrogen (secondary N) is 1. The Labute approximate surface area is 137 Å². The Morgan fingerprint density at radius 3 is 2.08 bits per heavy atom. The second-order valence-electron chi connectivity index (χ2n) is 3.97. The number of rotatable bonds is 5. The number of hydrogen-bond acceptors (Lipinski definition) is 7. The van der Waals surface area contributed by atoms with Crippen molar-refractivity contribution in [3.05, 3.63) is 29.8 Å². The van der Waals surface area contributed by atoms with E-state index in [1.165, 1.54) is 18.3 Å². The lowest BCUT2D eigenvalue weighted by atomic mass is 10.2. The quantitative estimate of drug-likeness (QED) is 0.177. The summed E-state index contributed by atoms with van der Waals surface area (Å²) in [5.41, 5.74) is 14.3. The molecule has 1 rings (SSSR count). The summed E-state index contributed by atoms with van der Waals surface area (Å²) in [4.78, 5) is 10.6. The fraction of sp³-hybridized carbons (Fsp3) is 0.0909. The first-order chi connectivity index (χ1) is 11.0. The van der Waals surface area contributed by atoms with Crippen molar-refractivity contribution in [1.82, 2.24) is 0 Å². The Morgan fingerprint density at radius 1 is 1.17 bits per heavy atom. The summed E-state index contributed by atoms with van der Waals surface area (Å²) in [5.74, 6) is -1.11. The molecule has 13 heteroatoms. The number of nitrogens with zero attached hydrogens (tertiary/aromatic N) is 3. The molecule has 8 N–H and O–H groups in total. The van der Waals surface area contributed by atoms with Crippen molar-refractivity contribution in [2.24, 2.45) is 26.8 Å². The van der Waals surface area contributed by atoms with E-state index in [1.54, 1.807) is 19.1 Å². The monoisotopic (exact) mass is 360 g/mol. The van der Waals surface area contributed by atoms with Crippen LogP contribution in [0.3, 0.4) is 0 Å². The summed E-state index contributed by atoms with van der Waals surface area (Å²) in [5, 5.41) is 19.8. The molecule has 1 aromatic rings. The summed E-state index contributed by atoms with van der Waals surface area (Å²) in [6.07, 6.45) is 1.43. The molecule has 0 unspecified atom stereocenters. The maximum absolute atomic E-state index is 10.6. The molecule has 0 radical (unpaired) electrons. The van der Waals surface area contributed by atoms with Gasteiger partial charge in [-0.05, 0) is 31.2 Å². The molecule has 0 aliphatic heterocycles. The van der Waals surface area contributed by atoms with Gasteiger partial charge in [-0.1, -0.05) is 0 Å². The van der Waals surface area contributed by atoms with Crippen molar-refractivity contribution in [3.8, 4) is 0 Å². The molecule has 0 amide bonds. The maximum Gasteiger partial charge on any atom is 0.394 e. The summed E-state index contributed by atoms with van der Waals surface area (Å²) < 4.78 is 31.6. The topological polar surface area (TPSA) is 213 Å². The van der Waals surface area contributed by atoms with Crippen molar-refractivity contribution in [2.75, 3.05) is 5.43 Å². The first-order valence-electron chi connectivity index (χ1n) is 5.94. The van der Waals surface area contributed by atoms with Gasteiger partial charge in [-0.2, -0.15) is 18.6 Å². The number of nitrogens with two attached hydrogens (primary N) is 2. The molecule has 0 fully saturated rings. The van der Waals surface area contributed by atoms with Gasteiger partial charge in [-0.15, -0.1) is 5.10 Å². The minimum atomic E-state index is -4.67. The molecule has 1 aromatic carbocycles. The number of anilines is 1. The second-order valence-corrected chi connectivity index (χ2v) is 4.86. The highest BCUT2D eigenvalue weighted by Gasteiger charge is 2.00. The van der Waals surface area contributed by atoms with Gasteiger partial charge in [0.05, 0.1) is 23.2 Å². The van der Waals surface area contributed by atoms with Crippen molar-refractivity contribution in [3.63, 3.8) is 0 Å². The largest absolute Gasteiger partial charge is 0.478 e. The molecule has 24 heavy (non-hydrogen) atoms. The van der Waals surface area contributed by atoms with Gasteiger partial charge in [0, 0.05) is 0 Å². The maximum atomic E-state index is 10.6. The molecule has 0 bridgehead atoms. The zero-order chi connectivity index (χ0) is 18.8. The highest BCUT2D eigenvalue weighted by atomic mass is 32.3. The standard InChI is InChI=1S/C11H14N6O2.H2O4S/c1-7(15-17-11(12)13)6-14-16-9-4-2-8(3-5-9)10(18)19;1-5(2,3)4/h2-6,16H,1H3,(H,18,19)(H4,12,13,17);(H2,1,2,3,4)/b14-6-,15-7-;. The molecule has 0 saturated carbocycles. The Hall–Kier alpha value is -3.03. The van der Waals surface area contributed by atoms with Crippen LogP contribution in [0.2, 0.25) is 0 Å². The highest BCUT2D eigenvalue weighted by molar-refractivity contribution is 7.79. The third-order valence-corrected chi connectivity index (χ3v) is 1.90. The number of carbonyl (C=O) groups is 1. The van der Waals surface area contributed by atoms with Crippen molar-refractivity contribution < 1.29 is 27.4 Å². The van der Waals surface area contributed by atoms with E-state index in [0.717, 1.165) is 0 Å². The number of hydrogen-bond donors (Lipinski definition) is 6. The smallest absolute Gasteiger partial charge is 0.394 e. The predicted octanol–water partition coefficient (Wildman–Crippen LogP) is -0.221. The van der Waals surface area contributed by atoms with Gasteiger partial charge in [-0.3, -0.25) is 14.5 Å². The zero-order valence-corrected chi connectivity index (χ0v) is 13.2. The molecule has 132 valence electrons. The van der Waals surface area contributed by atoms with Crippen LogP contribution in [0.25, 0.3) is 0 Å². The third kappa shape index (κ3) is 12.7. The molecule has 0 aliphatic carbocycles. The number of carboxylic acids is 1. The van der Waals surface area contributed by atoms with Crippen molar-refractivity contribution in [1.29, 1.82) is 0 Å². The average Bonchev–Trinajstić information content (AvgIpc) is 2.44. The average molecular weight is 360 g/mol. The Bertz CT molecular complexity index is 729. The fourth-order valence-electron chi connectivity index (χ4n) is 1.05. The molecular formula is C11H16N6O6S. The van der Waals surface area contributed by atoms with E-state index in [9.17, 15) is 4.79 Å². The number of hydrazone groups is 1. The van der Waals surface area contributed by atoms with E-state index in [2.05, 4.69) is 20.7 Å². The highest BCUT2D eigenvalue weighted by Crippen LogP contribution is 2.09. The molecule has 0 aliphatic rings. The molecule has 12 nitrogen and oxygen atoms in total. The van der Waals surface area contributed by atoms with Gasteiger partial charge in [0.15, 0.2) is 0 Å². The lowest BCUT2D eigenvalue weighted by molar-refractivity contribution is 0.0697. The van der Waals surface area contributed by atoms with Crippen LogP contribution in [0, 0.1) is 0 Å². The molecule has 0 atom stereocenters. The van der Waals surface area contributed by atoms with Crippen LogP contribution < -0.4 is 16.9 Å². The summed E-state index contributed by atoms with van der Waals surface area (Å²) in [7, 11) is -4.67.